The first kappa shape index (κ1) is 16.6. The molecule has 0 aliphatic heterocycles. The molecule has 0 N–H and O–H groups in total. The Bertz CT molecular complexity index is 1250. The fourth-order valence-corrected chi connectivity index (χ4v) is 3.76. The molecule has 0 saturated heterocycles. The topological polar surface area (TPSA) is 56.5 Å². The van der Waals surface area contributed by atoms with Gasteiger partial charge < -0.3 is 4.57 Å². The lowest BCUT2D eigenvalue weighted by Gasteiger charge is -2.17. The molecule has 0 unspecified atom stereocenters. The molecule has 136 valence electrons. The first-order chi connectivity index (χ1) is 13.8. The third-order valence-corrected chi connectivity index (χ3v) is 5.11. The number of aromatic nitrogens is 5. The number of hydrogen-bond acceptors (Lipinski definition) is 4. The van der Waals surface area contributed by atoms with Crippen LogP contribution in [0.15, 0.2) is 79.4 Å². The number of pyridine rings is 1. The summed E-state index contributed by atoms with van der Waals surface area (Å²) in [4.78, 5) is 18.5. The van der Waals surface area contributed by atoms with Crippen LogP contribution in [-0.4, -0.2) is 24.5 Å². The van der Waals surface area contributed by atoms with E-state index in [0.717, 1.165) is 34.2 Å². The maximum Gasteiger partial charge on any atom is 0.197 e. The quantitative estimate of drug-likeness (QED) is 0.448. The van der Waals surface area contributed by atoms with Gasteiger partial charge in [0, 0.05) is 17.1 Å². The third kappa shape index (κ3) is 2.72. The fraction of sp³-hybridized carbons (Fsp3) is 0.130. The minimum atomic E-state index is 0.171. The van der Waals surface area contributed by atoms with E-state index >= 15 is 0 Å². The number of benzene rings is 2. The smallest absolute Gasteiger partial charge is 0.197 e. The van der Waals surface area contributed by atoms with Gasteiger partial charge in [0.05, 0.1) is 29.8 Å². The Labute approximate surface area is 162 Å². The zero-order valence-corrected chi connectivity index (χ0v) is 15.5. The Morgan fingerprint density at radius 2 is 1.79 bits per heavy atom. The largest absolute Gasteiger partial charge is 0.306 e. The van der Waals surface area contributed by atoms with Crippen molar-refractivity contribution in [1.29, 1.82) is 0 Å². The Hall–Kier alpha value is -3.60. The van der Waals surface area contributed by atoms with Gasteiger partial charge in [0.2, 0.25) is 0 Å². The number of imidazole rings is 1. The van der Waals surface area contributed by atoms with E-state index in [9.17, 15) is 0 Å². The molecule has 0 amide bonds. The predicted molar refractivity (Wildman–Crippen MR) is 111 cm³/mol. The van der Waals surface area contributed by atoms with E-state index < -0.39 is 0 Å². The normalized spacial score (nSPS) is 12.5. The maximum atomic E-state index is 4.96. The minimum Gasteiger partial charge on any atom is -0.306 e. The van der Waals surface area contributed by atoms with Crippen molar-refractivity contribution in [1.82, 2.24) is 24.5 Å². The zero-order chi connectivity index (χ0) is 18.9. The average Bonchev–Trinajstić information content (AvgIpc) is 3.18. The van der Waals surface area contributed by atoms with E-state index in [4.69, 9.17) is 4.98 Å². The van der Waals surface area contributed by atoms with Crippen LogP contribution in [0.1, 0.15) is 24.9 Å². The van der Waals surface area contributed by atoms with Gasteiger partial charge in [-0.15, -0.1) is 0 Å². The molecule has 5 heteroatoms. The summed E-state index contributed by atoms with van der Waals surface area (Å²) in [5, 5.41) is 1.07. The molecule has 5 aromatic rings. The molecule has 1 atom stereocenters. The van der Waals surface area contributed by atoms with Gasteiger partial charge in [-0.25, -0.2) is 15.0 Å². The van der Waals surface area contributed by atoms with E-state index in [2.05, 4.69) is 62.8 Å². The highest BCUT2D eigenvalue weighted by Gasteiger charge is 2.17. The molecule has 0 bridgehead atoms. The standard InChI is InChI=1S/C23H19N5/c1-2-21(16-8-4-3-5-9-16)28-15-26-22-23(28)27-20(14-25-22)18-10-6-12-19-17(18)11-7-13-24-19/h3-15,21H,2H2,1H3/t21-/m1/s1. The van der Waals surface area contributed by atoms with Crippen LogP contribution < -0.4 is 0 Å². The van der Waals surface area contributed by atoms with Gasteiger partial charge in [-0.2, -0.15) is 0 Å². The lowest BCUT2D eigenvalue weighted by atomic mass is 10.0. The summed E-state index contributed by atoms with van der Waals surface area (Å²) < 4.78 is 2.13. The highest BCUT2D eigenvalue weighted by Crippen LogP contribution is 2.29. The highest BCUT2D eigenvalue weighted by atomic mass is 15.2. The van der Waals surface area contributed by atoms with Gasteiger partial charge in [0.25, 0.3) is 0 Å². The van der Waals surface area contributed by atoms with E-state index in [1.54, 1.807) is 6.20 Å². The summed E-state index contributed by atoms with van der Waals surface area (Å²) in [7, 11) is 0. The van der Waals surface area contributed by atoms with Crippen molar-refractivity contribution in [3.05, 3.63) is 84.9 Å². The van der Waals surface area contributed by atoms with Gasteiger partial charge in [0.15, 0.2) is 11.3 Å². The SMILES string of the molecule is CC[C@H](c1ccccc1)n1cnc2ncc(-c3cccc4ncccc34)nc21. The molecule has 0 saturated carbocycles. The Balaban J connectivity index is 1.68. The van der Waals surface area contributed by atoms with Crippen molar-refractivity contribution in [2.45, 2.75) is 19.4 Å². The van der Waals surface area contributed by atoms with Gasteiger partial charge in [-0.05, 0) is 24.1 Å². The van der Waals surface area contributed by atoms with Crippen LogP contribution in [0.5, 0.6) is 0 Å². The molecule has 2 aromatic carbocycles. The molecule has 0 aliphatic carbocycles. The molecule has 5 nitrogen and oxygen atoms in total. The van der Waals surface area contributed by atoms with Gasteiger partial charge in [-0.3, -0.25) is 4.98 Å². The number of fused-ring (bicyclic) bond motifs is 2. The van der Waals surface area contributed by atoms with Crippen LogP contribution >= 0.6 is 0 Å². The summed E-state index contributed by atoms with van der Waals surface area (Å²) in [5.41, 5.74) is 5.51. The van der Waals surface area contributed by atoms with Crippen molar-refractivity contribution in [2.75, 3.05) is 0 Å². The lowest BCUT2D eigenvalue weighted by molar-refractivity contribution is 0.577. The van der Waals surface area contributed by atoms with Crippen LogP contribution in [0.25, 0.3) is 33.5 Å². The van der Waals surface area contributed by atoms with E-state index in [-0.39, 0.29) is 6.04 Å². The number of nitrogens with zero attached hydrogens (tertiary/aromatic N) is 5. The molecule has 0 aliphatic rings. The van der Waals surface area contributed by atoms with Crippen molar-refractivity contribution in [3.8, 4) is 11.3 Å². The second kappa shape index (κ2) is 6.85. The Morgan fingerprint density at radius 3 is 2.64 bits per heavy atom. The first-order valence-corrected chi connectivity index (χ1v) is 9.44. The van der Waals surface area contributed by atoms with E-state index in [0.29, 0.717) is 5.65 Å². The van der Waals surface area contributed by atoms with Crippen LogP contribution in [-0.2, 0) is 0 Å². The van der Waals surface area contributed by atoms with Gasteiger partial charge in [0.1, 0.15) is 0 Å². The van der Waals surface area contributed by atoms with E-state index in [1.807, 2.05) is 36.8 Å². The van der Waals surface area contributed by atoms with Crippen molar-refractivity contribution >= 4 is 22.2 Å². The molecule has 3 aromatic heterocycles. The summed E-state index contributed by atoms with van der Waals surface area (Å²) in [6.45, 7) is 2.18. The Morgan fingerprint density at radius 1 is 0.893 bits per heavy atom. The molecule has 0 spiro atoms. The highest BCUT2D eigenvalue weighted by molar-refractivity contribution is 5.93. The fourth-order valence-electron chi connectivity index (χ4n) is 3.76. The van der Waals surface area contributed by atoms with Crippen LogP contribution in [0.3, 0.4) is 0 Å². The number of hydrogen-bond donors (Lipinski definition) is 0. The monoisotopic (exact) mass is 365 g/mol. The average molecular weight is 365 g/mol. The molecule has 0 radical (unpaired) electrons. The second-order valence-corrected chi connectivity index (χ2v) is 6.76. The van der Waals surface area contributed by atoms with Crippen molar-refractivity contribution in [3.63, 3.8) is 0 Å². The van der Waals surface area contributed by atoms with Crippen LogP contribution in [0.4, 0.5) is 0 Å². The molecule has 28 heavy (non-hydrogen) atoms. The zero-order valence-electron chi connectivity index (χ0n) is 15.5. The molecule has 0 fully saturated rings. The van der Waals surface area contributed by atoms with Crippen LogP contribution in [0, 0.1) is 0 Å². The van der Waals surface area contributed by atoms with Crippen molar-refractivity contribution in [2.24, 2.45) is 0 Å². The predicted octanol–water partition coefficient (Wildman–Crippen LogP) is 5.04. The number of rotatable bonds is 4. The summed E-state index contributed by atoms with van der Waals surface area (Å²) in [5.74, 6) is 0. The minimum absolute atomic E-state index is 0.171. The first-order valence-electron chi connectivity index (χ1n) is 9.44. The Kier molecular flexibility index (Phi) is 4.05. The van der Waals surface area contributed by atoms with Crippen molar-refractivity contribution < 1.29 is 0 Å². The molecule has 5 rings (SSSR count). The maximum absolute atomic E-state index is 4.96. The molecular formula is C23H19N5. The second-order valence-electron chi connectivity index (χ2n) is 6.76. The summed E-state index contributed by atoms with van der Waals surface area (Å²) in [6, 6.07) is 20.7. The van der Waals surface area contributed by atoms with Crippen LogP contribution in [0.2, 0.25) is 0 Å². The van der Waals surface area contributed by atoms with Gasteiger partial charge >= 0.3 is 0 Å². The van der Waals surface area contributed by atoms with E-state index in [1.165, 1.54) is 5.56 Å². The lowest BCUT2D eigenvalue weighted by Crippen LogP contribution is -2.09. The third-order valence-electron chi connectivity index (χ3n) is 5.11. The summed E-state index contributed by atoms with van der Waals surface area (Å²) in [6.07, 6.45) is 6.40. The molecular weight excluding hydrogens is 346 g/mol. The molecule has 3 heterocycles. The summed E-state index contributed by atoms with van der Waals surface area (Å²) >= 11 is 0. The van der Waals surface area contributed by atoms with Gasteiger partial charge in [-0.1, -0.05) is 55.5 Å².